The summed E-state index contributed by atoms with van der Waals surface area (Å²) >= 11 is 5.54. The third kappa shape index (κ3) is 10.3. The van der Waals surface area contributed by atoms with E-state index in [-0.39, 0.29) is 11.0 Å². The fourth-order valence-corrected chi connectivity index (χ4v) is 3.86. The number of hydrogen-bond acceptors (Lipinski definition) is 8. The Morgan fingerprint density at radius 1 is 0.929 bits per heavy atom. The molecule has 1 aliphatic heterocycles. The molecule has 10 heteroatoms. The van der Waals surface area contributed by atoms with Crippen molar-refractivity contribution in [1.29, 1.82) is 0 Å². The van der Waals surface area contributed by atoms with Crippen molar-refractivity contribution in [3.05, 3.63) is 0 Å². The van der Waals surface area contributed by atoms with Crippen molar-refractivity contribution in [2.24, 2.45) is 11.1 Å². The molecule has 0 spiro atoms. The summed E-state index contributed by atoms with van der Waals surface area (Å²) in [5.41, 5.74) is 5.48. The molecule has 1 heterocycles. The molecule has 1 fully saturated rings. The van der Waals surface area contributed by atoms with Crippen LogP contribution in [0.15, 0.2) is 0 Å². The van der Waals surface area contributed by atoms with Crippen LogP contribution in [-0.2, 0) is 0 Å². The average molecular weight is 418 g/mol. The zero-order chi connectivity index (χ0) is 20.7. The summed E-state index contributed by atoms with van der Waals surface area (Å²) in [4.78, 5) is 0. The lowest BCUT2D eigenvalue weighted by molar-refractivity contribution is 0.254. The van der Waals surface area contributed by atoms with Gasteiger partial charge in [-0.15, -0.1) is 0 Å². The molecule has 0 aliphatic carbocycles. The summed E-state index contributed by atoms with van der Waals surface area (Å²) in [6.07, 6.45) is 2.03. The Labute approximate surface area is 176 Å². The molecule has 0 aromatic rings. The summed E-state index contributed by atoms with van der Waals surface area (Å²) < 4.78 is 0. The molecule has 0 aromatic carbocycles. The highest BCUT2D eigenvalue weighted by molar-refractivity contribution is 7.80. The summed E-state index contributed by atoms with van der Waals surface area (Å²) in [5, 5.41) is 28.3. The SMILES string of the molecule is CNCC1(C)CNCNCC(CNC)(NC(=S)NCCCCN)CNCNC1. The first-order valence-electron chi connectivity index (χ1n) is 10.4. The first kappa shape index (κ1) is 25.4. The second-order valence-electron chi connectivity index (χ2n) is 8.09. The minimum absolute atomic E-state index is 0.159. The van der Waals surface area contributed by atoms with Gasteiger partial charge in [0, 0.05) is 64.6 Å². The maximum atomic E-state index is 5.56. The van der Waals surface area contributed by atoms with Gasteiger partial charge in [0.2, 0.25) is 0 Å². The second-order valence-corrected chi connectivity index (χ2v) is 8.50. The van der Waals surface area contributed by atoms with Crippen LogP contribution in [0.5, 0.6) is 0 Å². The predicted molar refractivity (Wildman–Crippen MR) is 122 cm³/mol. The Bertz CT molecular complexity index is 408. The van der Waals surface area contributed by atoms with Gasteiger partial charge in [0.1, 0.15) is 0 Å². The normalized spacial score (nSPS) is 27.4. The third-order valence-corrected chi connectivity index (χ3v) is 5.19. The second kappa shape index (κ2) is 14.4. The van der Waals surface area contributed by atoms with E-state index in [0.717, 1.165) is 72.0 Å². The molecule has 28 heavy (non-hydrogen) atoms. The number of nitrogens with two attached hydrogens (primary N) is 1. The van der Waals surface area contributed by atoms with E-state index in [9.17, 15) is 0 Å². The topological polar surface area (TPSA) is 122 Å². The maximum Gasteiger partial charge on any atom is 0.166 e. The van der Waals surface area contributed by atoms with E-state index in [0.29, 0.717) is 11.7 Å². The van der Waals surface area contributed by atoms with Gasteiger partial charge in [-0.2, -0.15) is 0 Å². The van der Waals surface area contributed by atoms with Crippen molar-refractivity contribution < 1.29 is 0 Å². The molecule has 9 nitrogen and oxygen atoms in total. The fraction of sp³-hybridized carbons (Fsp3) is 0.944. The fourth-order valence-electron chi connectivity index (χ4n) is 3.54. The molecular weight excluding hydrogens is 374 g/mol. The van der Waals surface area contributed by atoms with Crippen molar-refractivity contribution in [3.8, 4) is 0 Å². The monoisotopic (exact) mass is 417 g/mol. The summed E-state index contributed by atoms with van der Waals surface area (Å²) in [7, 11) is 3.97. The Morgan fingerprint density at radius 2 is 1.50 bits per heavy atom. The van der Waals surface area contributed by atoms with Gasteiger partial charge < -0.3 is 48.3 Å². The molecule has 0 bridgehead atoms. The van der Waals surface area contributed by atoms with E-state index in [1.807, 2.05) is 14.1 Å². The van der Waals surface area contributed by atoms with Gasteiger partial charge in [0.15, 0.2) is 5.11 Å². The quantitative estimate of drug-likeness (QED) is 0.149. The Morgan fingerprint density at radius 3 is 2.04 bits per heavy atom. The Balaban J connectivity index is 2.63. The van der Waals surface area contributed by atoms with Crippen molar-refractivity contribution in [3.63, 3.8) is 0 Å². The lowest BCUT2D eigenvalue weighted by atomic mass is 9.90. The predicted octanol–water partition coefficient (Wildman–Crippen LogP) is -2.34. The van der Waals surface area contributed by atoms with Crippen LogP contribution < -0.4 is 48.3 Å². The van der Waals surface area contributed by atoms with Crippen LogP contribution in [0.2, 0.25) is 0 Å². The van der Waals surface area contributed by atoms with Crippen molar-refractivity contribution in [2.45, 2.75) is 25.3 Å². The molecule has 0 radical (unpaired) electrons. The van der Waals surface area contributed by atoms with Crippen LogP contribution >= 0.6 is 12.2 Å². The minimum atomic E-state index is -0.233. The number of thiocarbonyl (C=S) groups is 1. The lowest BCUT2D eigenvalue weighted by Crippen LogP contribution is -2.67. The average Bonchev–Trinajstić information content (AvgIpc) is 2.64. The molecule has 0 unspecified atom stereocenters. The highest BCUT2D eigenvalue weighted by atomic mass is 32.1. The molecule has 1 saturated heterocycles. The summed E-state index contributed by atoms with van der Waals surface area (Å²) in [6, 6.07) is 0. The van der Waals surface area contributed by atoms with Crippen LogP contribution in [0.4, 0.5) is 0 Å². The number of nitrogens with one attached hydrogen (secondary N) is 8. The minimum Gasteiger partial charge on any atom is -0.363 e. The Hall–Kier alpha value is -0.590. The third-order valence-electron chi connectivity index (χ3n) is 4.94. The van der Waals surface area contributed by atoms with E-state index in [1.165, 1.54) is 0 Å². The van der Waals surface area contributed by atoms with Gasteiger partial charge in [-0.05, 0) is 45.7 Å². The number of rotatable bonds is 9. The molecule has 0 amide bonds. The van der Waals surface area contributed by atoms with Gasteiger partial charge in [-0.1, -0.05) is 6.92 Å². The van der Waals surface area contributed by atoms with Gasteiger partial charge in [-0.3, -0.25) is 0 Å². The van der Waals surface area contributed by atoms with Crippen molar-refractivity contribution in [1.82, 2.24) is 42.5 Å². The molecule has 166 valence electrons. The van der Waals surface area contributed by atoms with E-state index < -0.39 is 0 Å². The van der Waals surface area contributed by atoms with Gasteiger partial charge in [0.25, 0.3) is 0 Å². The molecule has 1 rings (SSSR count). The van der Waals surface area contributed by atoms with Gasteiger partial charge in [0.05, 0.1) is 5.54 Å². The standard InChI is InChI=1S/C18H43N9S/c1-17(8-20-2)9-22-14-24-12-18(11-21-3,13-25-15-23-10-17)27-16(28)26-7-5-4-6-19/h20-25H,4-15,19H2,1-3H3,(H2,26,27,28). The largest absolute Gasteiger partial charge is 0.363 e. The summed E-state index contributed by atoms with van der Waals surface area (Å²) in [5.74, 6) is 0. The first-order valence-corrected chi connectivity index (χ1v) is 10.8. The zero-order valence-electron chi connectivity index (χ0n) is 18.0. The van der Waals surface area contributed by atoms with E-state index in [2.05, 4.69) is 49.5 Å². The van der Waals surface area contributed by atoms with Crippen LogP contribution in [-0.4, -0.2) is 90.4 Å². The molecular formula is C18H43N9S. The highest BCUT2D eigenvalue weighted by Gasteiger charge is 2.30. The molecule has 1 aliphatic rings. The number of unbranched alkanes of at least 4 members (excludes halogenated alkanes) is 1. The van der Waals surface area contributed by atoms with E-state index in [4.69, 9.17) is 18.0 Å². The van der Waals surface area contributed by atoms with Crippen LogP contribution in [0.25, 0.3) is 0 Å². The highest BCUT2D eigenvalue weighted by Crippen LogP contribution is 2.12. The molecule has 0 aromatic heterocycles. The number of likely N-dealkylation sites (N-methyl/N-ethyl adjacent to an activating group) is 1. The van der Waals surface area contributed by atoms with Crippen LogP contribution in [0, 0.1) is 5.41 Å². The number of hydrogen-bond donors (Lipinski definition) is 9. The van der Waals surface area contributed by atoms with E-state index in [1.54, 1.807) is 0 Å². The van der Waals surface area contributed by atoms with Crippen LogP contribution in [0.1, 0.15) is 19.8 Å². The maximum absolute atomic E-state index is 5.56. The van der Waals surface area contributed by atoms with Gasteiger partial charge in [-0.25, -0.2) is 0 Å². The molecule has 0 atom stereocenters. The summed E-state index contributed by atoms with van der Waals surface area (Å²) in [6.45, 7) is 10.5. The first-order chi connectivity index (χ1) is 13.5. The van der Waals surface area contributed by atoms with E-state index >= 15 is 0 Å². The Kier molecular flexibility index (Phi) is 13.1. The zero-order valence-corrected chi connectivity index (χ0v) is 18.8. The lowest BCUT2D eigenvalue weighted by Gasteiger charge is -2.38. The molecule has 0 saturated carbocycles. The molecule has 10 N–H and O–H groups in total. The van der Waals surface area contributed by atoms with Crippen molar-refractivity contribution in [2.75, 3.05) is 79.8 Å². The van der Waals surface area contributed by atoms with Crippen molar-refractivity contribution >= 4 is 17.3 Å². The van der Waals surface area contributed by atoms with Crippen LogP contribution in [0.3, 0.4) is 0 Å². The smallest absolute Gasteiger partial charge is 0.166 e. The van der Waals surface area contributed by atoms with Gasteiger partial charge >= 0.3 is 0 Å².